The molecule has 5 heteroatoms. The second kappa shape index (κ2) is 7.18. The predicted octanol–water partition coefficient (Wildman–Crippen LogP) is 4.53. The molecule has 0 amide bonds. The van der Waals surface area contributed by atoms with E-state index in [1.807, 2.05) is 6.07 Å². The summed E-state index contributed by atoms with van der Waals surface area (Å²) in [5.41, 5.74) is 9.76. The maximum atomic E-state index is 6.34. The molecule has 3 N–H and O–H groups in total. The molecule has 0 spiro atoms. The average molecular weight is 399 g/mol. The Bertz CT molecular complexity index is 856. The zero-order valence-electron chi connectivity index (χ0n) is 14.2. The van der Waals surface area contributed by atoms with Crippen LogP contribution in [0, 0.1) is 0 Å². The summed E-state index contributed by atoms with van der Waals surface area (Å²) in [6.07, 6.45) is 4.67. The molecule has 1 saturated carbocycles. The third-order valence-electron chi connectivity index (χ3n) is 5.04. The molecule has 4 rings (SSSR count). The van der Waals surface area contributed by atoms with Gasteiger partial charge in [0.2, 0.25) is 5.95 Å². The van der Waals surface area contributed by atoms with Crippen molar-refractivity contribution in [2.75, 3.05) is 5.32 Å². The molecule has 2 atom stereocenters. The van der Waals surface area contributed by atoms with Crippen LogP contribution in [0.1, 0.15) is 31.2 Å². The van der Waals surface area contributed by atoms with Gasteiger partial charge in [-0.25, -0.2) is 4.98 Å². The third kappa shape index (κ3) is 3.58. The van der Waals surface area contributed by atoms with E-state index in [-0.39, 0.29) is 6.04 Å². The van der Waals surface area contributed by atoms with E-state index >= 15 is 0 Å². The molecule has 1 heterocycles. The zero-order valence-corrected chi connectivity index (χ0v) is 15.7. The fourth-order valence-electron chi connectivity index (χ4n) is 3.62. The maximum absolute atomic E-state index is 6.34. The lowest BCUT2D eigenvalue weighted by Gasteiger charge is -2.29. The van der Waals surface area contributed by atoms with Gasteiger partial charge in [-0.05, 0) is 42.7 Å². The Labute approximate surface area is 156 Å². The smallest absolute Gasteiger partial charge is 0.204 e. The SMILES string of the molecule is N[C@@H]1CCCC[C@H]1Nc1nc2ccccc2n1Cc1ccc(Br)cc1. The van der Waals surface area contributed by atoms with Crippen LogP contribution in [0.3, 0.4) is 0 Å². The Balaban J connectivity index is 1.68. The maximum Gasteiger partial charge on any atom is 0.204 e. The lowest BCUT2D eigenvalue weighted by Crippen LogP contribution is -2.43. The van der Waals surface area contributed by atoms with Gasteiger partial charge in [0.05, 0.1) is 17.6 Å². The van der Waals surface area contributed by atoms with E-state index in [9.17, 15) is 0 Å². The lowest BCUT2D eigenvalue weighted by atomic mass is 9.91. The number of imidazole rings is 1. The van der Waals surface area contributed by atoms with Gasteiger partial charge in [0.1, 0.15) is 0 Å². The number of anilines is 1. The number of para-hydroxylation sites is 2. The van der Waals surface area contributed by atoms with Crippen molar-refractivity contribution in [1.29, 1.82) is 0 Å². The minimum absolute atomic E-state index is 0.203. The summed E-state index contributed by atoms with van der Waals surface area (Å²) in [4.78, 5) is 4.84. The van der Waals surface area contributed by atoms with Crippen LogP contribution in [0.25, 0.3) is 11.0 Å². The number of nitrogens with one attached hydrogen (secondary N) is 1. The number of aromatic nitrogens is 2. The Morgan fingerprint density at radius 1 is 1.08 bits per heavy atom. The highest BCUT2D eigenvalue weighted by molar-refractivity contribution is 9.10. The fraction of sp³-hybridized carbons (Fsp3) is 0.350. The first kappa shape index (κ1) is 16.6. The van der Waals surface area contributed by atoms with Gasteiger partial charge in [-0.15, -0.1) is 0 Å². The van der Waals surface area contributed by atoms with Crippen molar-refractivity contribution in [3.8, 4) is 0 Å². The molecular weight excluding hydrogens is 376 g/mol. The van der Waals surface area contributed by atoms with Crippen LogP contribution in [-0.4, -0.2) is 21.6 Å². The van der Waals surface area contributed by atoms with Gasteiger partial charge in [-0.1, -0.05) is 53.0 Å². The highest BCUT2D eigenvalue weighted by Gasteiger charge is 2.23. The van der Waals surface area contributed by atoms with Crippen molar-refractivity contribution in [3.63, 3.8) is 0 Å². The number of nitrogens with two attached hydrogens (primary N) is 1. The van der Waals surface area contributed by atoms with Gasteiger partial charge in [0, 0.05) is 16.6 Å². The monoisotopic (exact) mass is 398 g/mol. The first-order valence-corrected chi connectivity index (χ1v) is 9.72. The summed E-state index contributed by atoms with van der Waals surface area (Å²) < 4.78 is 3.36. The number of hydrogen-bond donors (Lipinski definition) is 2. The molecule has 130 valence electrons. The number of fused-ring (bicyclic) bond motifs is 1. The Morgan fingerprint density at radius 3 is 2.64 bits per heavy atom. The van der Waals surface area contributed by atoms with Gasteiger partial charge in [0.25, 0.3) is 0 Å². The largest absolute Gasteiger partial charge is 0.351 e. The van der Waals surface area contributed by atoms with Crippen molar-refractivity contribution < 1.29 is 0 Å². The van der Waals surface area contributed by atoms with Crippen molar-refractivity contribution in [2.45, 2.75) is 44.3 Å². The van der Waals surface area contributed by atoms with Gasteiger partial charge in [0.15, 0.2) is 0 Å². The van der Waals surface area contributed by atoms with E-state index in [1.54, 1.807) is 0 Å². The number of halogens is 1. The van der Waals surface area contributed by atoms with Crippen LogP contribution >= 0.6 is 15.9 Å². The highest BCUT2D eigenvalue weighted by atomic mass is 79.9. The summed E-state index contributed by atoms with van der Waals surface area (Å²) in [6, 6.07) is 17.3. The van der Waals surface area contributed by atoms with E-state index < -0.39 is 0 Å². The second-order valence-corrected chi connectivity index (χ2v) is 7.75. The normalized spacial score (nSPS) is 20.7. The molecule has 1 aromatic heterocycles. The number of hydrogen-bond acceptors (Lipinski definition) is 3. The Kier molecular flexibility index (Phi) is 4.77. The van der Waals surface area contributed by atoms with Crippen LogP contribution in [0.2, 0.25) is 0 Å². The molecule has 4 nitrogen and oxygen atoms in total. The standard InChI is InChI=1S/C20H23BrN4/c21-15-11-9-14(10-12-15)13-25-19-8-4-3-7-18(19)24-20(25)23-17-6-2-1-5-16(17)22/h3-4,7-12,16-17H,1-2,5-6,13,22H2,(H,23,24)/t16-,17-/m1/s1. The highest BCUT2D eigenvalue weighted by Crippen LogP contribution is 2.25. The van der Waals surface area contributed by atoms with Gasteiger partial charge in [-0.2, -0.15) is 0 Å². The molecule has 0 radical (unpaired) electrons. The van der Waals surface area contributed by atoms with Crippen LogP contribution in [0.15, 0.2) is 53.0 Å². The molecule has 0 bridgehead atoms. The molecule has 25 heavy (non-hydrogen) atoms. The van der Waals surface area contributed by atoms with E-state index in [0.717, 1.165) is 40.8 Å². The molecule has 1 aliphatic carbocycles. The minimum Gasteiger partial charge on any atom is -0.351 e. The summed E-state index contributed by atoms with van der Waals surface area (Å²) in [5, 5.41) is 3.64. The second-order valence-electron chi connectivity index (χ2n) is 6.84. The minimum atomic E-state index is 0.203. The first-order chi connectivity index (χ1) is 12.2. The molecule has 2 aromatic carbocycles. The van der Waals surface area contributed by atoms with E-state index in [2.05, 4.69) is 68.3 Å². The number of rotatable bonds is 4. The summed E-state index contributed by atoms with van der Waals surface area (Å²) >= 11 is 3.50. The molecular formula is C20H23BrN4. The van der Waals surface area contributed by atoms with Crippen LogP contribution in [-0.2, 0) is 6.54 Å². The van der Waals surface area contributed by atoms with Gasteiger partial charge >= 0.3 is 0 Å². The van der Waals surface area contributed by atoms with Crippen LogP contribution < -0.4 is 11.1 Å². The molecule has 1 aliphatic rings. The van der Waals surface area contributed by atoms with Crippen molar-refractivity contribution in [2.24, 2.45) is 5.73 Å². The van der Waals surface area contributed by atoms with Crippen molar-refractivity contribution in [3.05, 3.63) is 58.6 Å². The molecule has 1 fully saturated rings. The van der Waals surface area contributed by atoms with Crippen LogP contribution in [0.5, 0.6) is 0 Å². The van der Waals surface area contributed by atoms with E-state index in [4.69, 9.17) is 10.7 Å². The van der Waals surface area contributed by atoms with E-state index in [0.29, 0.717) is 6.04 Å². The van der Waals surface area contributed by atoms with Gasteiger partial charge in [-0.3, -0.25) is 0 Å². The van der Waals surface area contributed by atoms with E-state index in [1.165, 1.54) is 18.4 Å². The van der Waals surface area contributed by atoms with Crippen molar-refractivity contribution in [1.82, 2.24) is 9.55 Å². The topological polar surface area (TPSA) is 55.9 Å². The summed E-state index contributed by atoms with van der Waals surface area (Å²) in [7, 11) is 0. The molecule has 0 unspecified atom stereocenters. The Hall–Kier alpha value is -1.85. The fourth-order valence-corrected chi connectivity index (χ4v) is 3.89. The Morgan fingerprint density at radius 2 is 1.84 bits per heavy atom. The molecule has 0 saturated heterocycles. The summed E-state index contributed by atoms with van der Waals surface area (Å²) in [6.45, 7) is 0.790. The van der Waals surface area contributed by atoms with Crippen LogP contribution in [0.4, 0.5) is 5.95 Å². The van der Waals surface area contributed by atoms with Crippen molar-refractivity contribution >= 4 is 32.9 Å². The van der Waals surface area contributed by atoms with Gasteiger partial charge < -0.3 is 15.6 Å². The third-order valence-corrected chi connectivity index (χ3v) is 5.57. The predicted molar refractivity (Wildman–Crippen MR) is 107 cm³/mol. The quantitative estimate of drug-likeness (QED) is 0.678. The molecule has 0 aliphatic heterocycles. The molecule has 3 aromatic rings. The number of nitrogens with zero attached hydrogens (tertiary/aromatic N) is 2. The summed E-state index contributed by atoms with van der Waals surface area (Å²) in [5.74, 6) is 0.923. The average Bonchev–Trinajstić information content (AvgIpc) is 2.96. The first-order valence-electron chi connectivity index (χ1n) is 8.92. The number of benzene rings is 2. The lowest BCUT2D eigenvalue weighted by molar-refractivity contribution is 0.401. The zero-order chi connectivity index (χ0) is 17.2.